The van der Waals surface area contributed by atoms with Crippen molar-refractivity contribution in [3.05, 3.63) is 58.6 Å². The van der Waals surface area contributed by atoms with E-state index in [1.54, 1.807) is 0 Å². The molecular weight excluding hydrogens is 352 g/mol. The number of halogens is 1. The van der Waals surface area contributed by atoms with E-state index in [4.69, 9.17) is 21.1 Å². The van der Waals surface area contributed by atoms with E-state index in [2.05, 4.69) is 10.2 Å². The van der Waals surface area contributed by atoms with Gasteiger partial charge in [0, 0.05) is 31.2 Å². The van der Waals surface area contributed by atoms with Crippen molar-refractivity contribution in [2.24, 2.45) is 0 Å². The van der Waals surface area contributed by atoms with Gasteiger partial charge in [-0.2, -0.15) is 0 Å². The summed E-state index contributed by atoms with van der Waals surface area (Å²) in [4.78, 5) is 14.6. The van der Waals surface area contributed by atoms with E-state index >= 15 is 0 Å². The fraction of sp³-hybridized carbons (Fsp3) is 0.350. The van der Waals surface area contributed by atoms with Crippen LogP contribution >= 0.6 is 11.6 Å². The maximum Gasteiger partial charge on any atom is 0.251 e. The molecule has 0 aliphatic carbocycles. The van der Waals surface area contributed by atoms with E-state index in [1.165, 1.54) is 0 Å². The third-order valence-electron chi connectivity index (χ3n) is 4.85. The van der Waals surface area contributed by atoms with Crippen molar-refractivity contribution in [3.63, 3.8) is 0 Å². The Balaban J connectivity index is 1.30. The number of rotatable bonds is 4. The number of hydrogen-bond donors (Lipinski definition) is 1. The predicted octanol–water partition coefficient (Wildman–Crippen LogP) is 3.46. The SMILES string of the molecule is O=C(NC1CCN(Cc2cc(Cl)c3c(c2)OCO3)CC1)c1ccccc1. The molecule has 136 valence electrons. The van der Waals surface area contributed by atoms with Crippen LogP contribution in [0.1, 0.15) is 28.8 Å². The van der Waals surface area contributed by atoms with Crippen LogP contribution < -0.4 is 14.8 Å². The maximum atomic E-state index is 12.3. The molecule has 0 unspecified atom stereocenters. The van der Waals surface area contributed by atoms with Crippen molar-refractivity contribution in [2.75, 3.05) is 19.9 Å². The summed E-state index contributed by atoms with van der Waals surface area (Å²) in [5, 5.41) is 3.74. The first-order chi connectivity index (χ1) is 12.7. The summed E-state index contributed by atoms with van der Waals surface area (Å²) >= 11 is 6.26. The van der Waals surface area contributed by atoms with Crippen LogP contribution in [0.4, 0.5) is 0 Å². The van der Waals surface area contributed by atoms with Crippen LogP contribution in [0.15, 0.2) is 42.5 Å². The highest BCUT2D eigenvalue weighted by molar-refractivity contribution is 6.32. The number of carbonyl (C=O) groups excluding carboxylic acids is 1. The molecule has 0 saturated carbocycles. The Labute approximate surface area is 157 Å². The standard InChI is InChI=1S/C20H21ClN2O3/c21-17-10-14(11-18-19(17)26-13-25-18)12-23-8-6-16(7-9-23)22-20(24)15-4-2-1-3-5-15/h1-5,10-11,16H,6-9,12-13H2,(H,22,24). The second-order valence-corrected chi connectivity index (χ2v) is 7.11. The minimum atomic E-state index is 0.00611. The first kappa shape index (κ1) is 17.2. The summed E-state index contributed by atoms with van der Waals surface area (Å²) in [6, 6.07) is 13.5. The van der Waals surface area contributed by atoms with Gasteiger partial charge in [0.05, 0.1) is 5.02 Å². The van der Waals surface area contributed by atoms with Gasteiger partial charge in [-0.25, -0.2) is 0 Å². The summed E-state index contributed by atoms with van der Waals surface area (Å²) in [5.41, 5.74) is 1.83. The van der Waals surface area contributed by atoms with Gasteiger partial charge in [0.15, 0.2) is 11.5 Å². The van der Waals surface area contributed by atoms with Gasteiger partial charge in [-0.05, 0) is 42.7 Å². The molecule has 1 N–H and O–H groups in total. The molecule has 4 rings (SSSR count). The van der Waals surface area contributed by atoms with E-state index in [9.17, 15) is 4.79 Å². The Morgan fingerprint density at radius 3 is 2.69 bits per heavy atom. The number of benzene rings is 2. The second kappa shape index (κ2) is 7.56. The number of carbonyl (C=O) groups is 1. The van der Waals surface area contributed by atoms with Crippen LogP contribution in [-0.4, -0.2) is 36.7 Å². The number of fused-ring (bicyclic) bond motifs is 1. The highest BCUT2D eigenvalue weighted by Gasteiger charge is 2.23. The van der Waals surface area contributed by atoms with Crippen LogP contribution in [0.3, 0.4) is 0 Å². The molecule has 1 fully saturated rings. The molecule has 26 heavy (non-hydrogen) atoms. The lowest BCUT2D eigenvalue weighted by Crippen LogP contribution is -2.44. The Bertz CT molecular complexity index is 789. The minimum Gasteiger partial charge on any atom is -0.454 e. The maximum absolute atomic E-state index is 12.3. The van der Waals surface area contributed by atoms with Gasteiger partial charge < -0.3 is 14.8 Å². The van der Waals surface area contributed by atoms with E-state index in [1.807, 2.05) is 42.5 Å². The number of amides is 1. The van der Waals surface area contributed by atoms with E-state index in [-0.39, 0.29) is 18.7 Å². The number of likely N-dealkylation sites (tertiary alicyclic amines) is 1. The average Bonchev–Trinajstić information content (AvgIpc) is 3.13. The summed E-state index contributed by atoms with van der Waals surface area (Å²) in [6.45, 7) is 2.91. The largest absolute Gasteiger partial charge is 0.454 e. The van der Waals surface area contributed by atoms with Crippen LogP contribution in [0.25, 0.3) is 0 Å². The zero-order chi connectivity index (χ0) is 17.9. The van der Waals surface area contributed by atoms with Gasteiger partial charge in [0.1, 0.15) is 0 Å². The molecule has 5 nitrogen and oxygen atoms in total. The van der Waals surface area contributed by atoms with Crippen LogP contribution in [0.2, 0.25) is 5.02 Å². The quantitative estimate of drug-likeness (QED) is 0.893. The Kier molecular flexibility index (Phi) is 5.00. The molecule has 0 atom stereocenters. The van der Waals surface area contributed by atoms with Crippen molar-refractivity contribution in [1.29, 1.82) is 0 Å². The van der Waals surface area contributed by atoms with Crippen molar-refractivity contribution < 1.29 is 14.3 Å². The third kappa shape index (κ3) is 3.79. The van der Waals surface area contributed by atoms with Gasteiger partial charge in [-0.3, -0.25) is 9.69 Å². The Hall–Kier alpha value is -2.24. The number of ether oxygens (including phenoxy) is 2. The van der Waals surface area contributed by atoms with Gasteiger partial charge in [0.25, 0.3) is 5.91 Å². The van der Waals surface area contributed by atoms with E-state index in [0.717, 1.165) is 43.8 Å². The topological polar surface area (TPSA) is 50.8 Å². The predicted molar refractivity (Wildman–Crippen MR) is 99.8 cm³/mol. The van der Waals surface area contributed by atoms with Crippen LogP contribution in [-0.2, 0) is 6.54 Å². The first-order valence-corrected chi connectivity index (χ1v) is 9.23. The van der Waals surface area contributed by atoms with Crippen molar-refractivity contribution in [3.8, 4) is 11.5 Å². The first-order valence-electron chi connectivity index (χ1n) is 8.85. The molecule has 2 heterocycles. The zero-order valence-corrected chi connectivity index (χ0v) is 15.2. The van der Waals surface area contributed by atoms with Crippen molar-refractivity contribution in [2.45, 2.75) is 25.4 Å². The highest BCUT2D eigenvalue weighted by Crippen LogP contribution is 2.40. The van der Waals surface area contributed by atoms with Gasteiger partial charge in [-0.15, -0.1) is 0 Å². The van der Waals surface area contributed by atoms with Crippen molar-refractivity contribution >= 4 is 17.5 Å². The molecule has 2 aliphatic rings. The molecule has 2 aromatic carbocycles. The normalized spacial score (nSPS) is 17.3. The molecule has 0 bridgehead atoms. The molecular formula is C20H21ClN2O3. The van der Waals surface area contributed by atoms with Gasteiger partial charge in [-0.1, -0.05) is 29.8 Å². The second-order valence-electron chi connectivity index (χ2n) is 6.70. The molecule has 0 spiro atoms. The van der Waals surface area contributed by atoms with E-state index in [0.29, 0.717) is 16.3 Å². The summed E-state index contributed by atoms with van der Waals surface area (Å²) < 4.78 is 10.8. The zero-order valence-electron chi connectivity index (χ0n) is 14.4. The Morgan fingerprint density at radius 2 is 1.92 bits per heavy atom. The lowest BCUT2D eigenvalue weighted by Gasteiger charge is -2.32. The third-order valence-corrected chi connectivity index (χ3v) is 5.13. The minimum absolute atomic E-state index is 0.00611. The number of nitrogens with zero attached hydrogens (tertiary/aromatic N) is 1. The summed E-state index contributed by atoms with van der Waals surface area (Å²) in [6.07, 6.45) is 1.88. The molecule has 0 aromatic heterocycles. The molecule has 0 radical (unpaired) electrons. The monoisotopic (exact) mass is 372 g/mol. The highest BCUT2D eigenvalue weighted by atomic mass is 35.5. The van der Waals surface area contributed by atoms with Gasteiger partial charge >= 0.3 is 0 Å². The molecule has 2 aromatic rings. The van der Waals surface area contributed by atoms with Gasteiger partial charge in [0.2, 0.25) is 6.79 Å². The molecule has 6 heteroatoms. The summed E-state index contributed by atoms with van der Waals surface area (Å²) in [5.74, 6) is 1.36. The fourth-order valence-corrected chi connectivity index (χ4v) is 3.75. The average molecular weight is 373 g/mol. The lowest BCUT2D eigenvalue weighted by atomic mass is 10.0. The number of nitrogens with one attached hydrogen (secondary N) is 1. The molecule has 2 aliphatic heterocycles. The van der Waals surface area contributed by atoms with E-state index < -0.39 is 0 Å². The van der Waals surface area contributed by atoms with Crippen LogP contribution in [0, 0.1) is 0 Å². The van der Waals surface area contributed by atoms with Crippen molar-refractivity contribution in [1.82, 2.24) is 10.2 Å². The van der Waals surface area contributed by atoms with Crippen LogP contribution in [0.5, 0.6) is 11.5 Å². The smallest absolute Gasteiger partial charge is 0.251 e. The fourth-order valence-electron chi connectivity index (χ4n) is 3.46. The molecule has 1 saturated heterocycles. The lowest BCUT2D eigenvalue weighted by molar-refractivity contribution is 0.0909. The number of piperidine rings is 1. The summed E-state index contributed by atoms with van der Waals surface area (Å²) in [7, 11) is 0. The molecule has 1 amide bonds. The Morgan fingerprint density at radius 1 is 1.15 bits per heavy atom. The number of hydrogen-bond acceptors (Lipinski definition) is 4.